The van der Waals surface area contributed by atoms with Gasteiger partial charge < -0.3 is 24.6 Å². The van der Waals surface area contributed by atoms with E-state index in [0.29, 0.717) is 23.7 Å². The number of thioether (sulfide) groups is 1. The number of carbonyl (C=O) groups excluding carboxylic acids is 4. The van der Waals surface area contributed by atoms with Gasteiger partial charge in [-0.25, -0.2) is 9.59 Å². The average molecular weight is 577 g/mol. The highest BCUT2D eigenvalue weighted by atomic mass is 35.5. The Morgan fingerprint density at radius 2 is 1.95 bits per heavy atom. The Balaban J connectivity index is 1.72. The summed E-state index contributed by atoms with van der Waals surface area (Å²) in [6.45, 7) is 0.960. The third-order valence-electron chi connectivity index (χ3n) is 5.23. The standard InChI is InChI=1S/C26H25ClN2O9S/c1-3-4-10-37-25(34)17-12-16(8-9-18(17)27)28-21(30)13-29-24(33)20(39-26(29)35)11-15-6-5-7-19(36-2)23(15)38-14-22(31)32/h5-9,11-12H,3-4,10,13-14H2,1-2H3,(H,28,30)(H,31,32)/b20-11+. The summed E-state index contributed by atoms with van der Waals surface area (Å²) in [6.07, 6.45) is 2.90. The van der Waals surface area contributed by atoms with Gasteiger partial charge in [0.05, 0.1) is 29.2 Å². The van der Waals surface area contributed by atoms with Gasteiger partial charge >= 0.3 is 11.9 Å². The van der Waals surface area contributed by atoms with E-state index in [2.05, 4.69) is 5.32 Å². The van der Waals surface area contributed by atoms with Crippen LogP contribution in [0.25, 0.3) is 6.08 Å². The van der Waals surface area contributed by atoms with E-state index in [0.717, 1.165) is 11.3 Å². The number of rotatable bonds is 12. The summed E-state index contributed by atoms with van der Waals surface area (Å²) in [4.78, 5) is 62.2. The summed E-state index contributed by atoms with van der Waals surface area (Å²) in [6, 6.07) is 8.97. The Labute approximate surface area is 233 Å². The fourth-order valence-corrected chi connectivity index (χ4v) is 4.39. The molecule has 3 rings (SSSR count). The molecule has 1 saturated heterocycles. The van der Waals surface area contributed by atoms with Gasteiger partial charge in [0.15, 0.2) is 18.1 Å². The minimum absolute atomic E-state index is 0.00447. The zero-order chi connectivity index (χ0) is 28.5. The van der Waals surface area contributed by atoms with Gasteiger partial charge in [0, 0.05) is 11.3 Å². The van der Waals surface area contributed by atoms with Crippen LogP contribution in [-0.4, -0.2) is 65.9 Å². The van der Waals surface area contributed by atoms with E-state index in [9.17, 15) is 24.0 Å². The van der Waals surface area contributed by atoms with Gasteiger partial charge in [-0.05, 0) is 48.5 Å². The molecule has 13 heteroatoms. The summed E-state index contributed by atoms with van der Waals surface area (Å²) in [5, 5.41) is 11.0. The summed E-state index contributed by atoms with van der Waals surface area (Å²) in [7, 11) is 1.37. The quantitative estimate of drug-likeness (QED) is 0.211. The second kappa shape index (κ2) is 13.7. The predicted octanol–water partition coefficient (Wildman–Crippen LogP) is 4.44. The maximum Gasteiger partial charge on any atom is 0.341 e. The first-order valence-corrected chi connectivity index (χ1v) is 12.9. The second-order valence-corrected chi connectivity index (χ2v) is 9.46. The number of halogens is 1. The number of imide groups is 1. The molecular formula is C26H25ClN2O9S. The molecule has 11 nitrogen and oxygen atoms in total. The SMILES string of the molecule is CCCCOC(=O)c1cc(NC(=O)CN2C(=O)S/C(=C/c3cccc(OC)c3OCC(=O)O)C2=O)ccc1Cl. The number of anilines is 1. The van der Waals surface area contributed by atoms with E-state index in [1.54, 1.807) is 18.2 Å². The number of ether oxygens (including phenoxy) is 3. The van der Waals surface area contributed by atoms with Crippen LogP contribution in [0.15, 0.2) is 41.3 Å². The Bertz CT molecular complexity index is 1330. The number of hydrogen-bond acceptors (Lipinski definition) is 9. The lowest BCUT2D eigenvalue weighted by atomic mass is 10.1. The Morgan fingerprint density at radius 1 is 1.18 bits per heavy atom. The Hall–Kier alpha value is -4.03. The lowest BCUT2D eigenvalue weighted by Gasteiger charge is -2.14. The third kappa shape index (κ3) is 7.74. The molecule has 3 amide bonds. The maximum atomic E-state index is 12.9. The van der Waals surface area contributed by atoms with E-state index in [1.807, 2.05) is 6.92 Å². The van der Waals surface area contributed by atoms with Crippen LogP contribution < -0.4 is 14.8 Å². The van der Waals surface area contributed by atoms with E-state index < -0.39 is 42.1 Å². The lowest BCUT2D eigenvalue weighted by Crippen LogP contribution is -2.36. The first-order chi connectivity index (χ1) is 18.6. The highest BCUT2D eigenvalue weighted by Gasteiger charge is 2.36. The molecule has 39 heavy (non-hydrogen) atoms. The van der Waals surface area contributed by atoms with Gasteiger partial charge in [0.2, 0.25) is 5.91 Å². The van der Waals surface area contributed by atoms with Crippen molar-refractivity contribution in [3.8, 4) is 11.5 Å². The highest BCUT2D eigenvalue weighted by molar-refractivity contribution is 8.18. The van der Waals surface area contributed by atoms with Crippen LogP contribution in [-0.2, 0) is 19.1 Å². The number of unbranched alkanes of at least 4 members (excludes halogenated alkanes) is 1. The summed E-state index contributed by atoms with van der Waals surface area (Å²) >= 11 is 6.71. The summed E-state index contributed by atoms with van der Waals surface area (Å²) in [5.41, 5.74) is 0.606. The fourth-order valence-electron chi connectivity index (χ4n) is 3.36. The van der Waals surface area contributed by atoms with Crippen molar-refractivity contribution in [2.45, 2.75) is 19.8 Å². The van der Waals surface area contributed by atoms with Crippen LogP contribution in [0.1, 0.15) is 35.7 Å². The summed E-state index contributed by atoms with van der Waals surface area (Å²) in [5.74, 6) is -2.93. The van der Waals surface area contributed by atoms with Gasteiger partial charge in [-0.15, -0.1) is 0 Å². The number of carbonyl (C=O) groups is 5. The van der Waals surface area contributed by atoms with Crippen LogP contribution in [0.4, 0.5) is 10.5 Å². The van der Waals surface area contributed by atoms with Crippen molar-refractivity contribution in [3.63, 3.8) is 0 Å². The number of para-hydroxylation sites is 1. The molecule has 0 radical (unpaired) electrons. The van der Waals surface area contributed by atoms with Crippen LogP contribution in [0.2, 0.25) is 5.02 Å². The molecule has 0 unspecified atom stereocenters. The zero-order valence-corrected chi connectivity index (χ0v) is 22.6. The van der Waals surface area contributed by atoms with Gasteiger partial charge in [-0.1, -0.05) is 37.1 Å². The minimum Gasteiger partial charge on any atom is -0.493 e. The number of methoxy groups -OCH3 is 1. The van der Waals surface area contributed by atoms with Crippen LogP contribution >= 0.6 is 23.4 Å². The number of esters is 1. The average Bonchev–Trinajstić information content (AvgIpc) is 3.15. The molecule has 1 aliphatic rings. The number of benzene rings is 2. The first-order valence-electron chi connectivity index (χ1n) is 11.7. The molecule has 0 bridgehead atoms. The van der Waals surface area contributed by atoms with Gasteiger partial charge in [0.1, 0.15) is 6.54 Å². The molecule has 0 aromatic heterocycles. The fraction of sp³-hybridized carbons (Fsp3) is 0.269. The molecule has 1 aliphatic heterocycles. The number of amides is 3. The number of carboxylic acids is 1. The van der Waals surface area contributed by atoms with E-state index in [4.69, 9.17) is 30.9 Å². The Kier molecular flexibility index (Phi) is 10.4. The molecule has 0 atom stereocenters. The smallest absolute Gasteiger partial charge is 0.341 e. The molecular weight excluding hydrogens is 552 g/mol. The minimum atomic E-state index is -1.21. The number of carboxylic acid groups (broad SMARTS) is 1. The summed E-state index contributed by atoms with van der Waals surface area (Å²) < 4.78 is 15.7. The molecule has 0 spiro atoms. The normalized spacial score (nSPS) is 13.9. The van der Waals surface area contributed by atoms with Crippen molar-refractivity contribution in [1.82, 2.24) is 4.90 Å². The molecule has 0 aliphatic carbocycles. The highest BCUT2D eigenvalue weighted by Crippen LogP contribution is 2.37. The van der Waals surface area contributed by atoms with Crippen molar-refractivity contribution in [3.05, 3.63) is 57.5 Å². The van der Waals surface area contributed by atoms with Crippen LogP contribution in [0, 0.1) is 0 Å². The van der Waals surface area contributed by atoms with Crippen molar-refractivity contribution in [1.29, 1.82) is 0 Å². The Morgan fingerprint density at radius 3 is 2.64 bits per heavy atom. The van der Waals surface area contributed by atoms with E-state index in [-0.39, 0.29) is 39.3 Å². The lowest BCUT2D eigenvalue weighted by molar-refractivity contribution is -0.139. The third-order valence-corrected chi connectivity index (χ3v) is 6.47. The number of hydrogen-bond donors (Lipinski definition) is 2. The second-order valence-electron chi connectivity index (χ2n) is 8.06. The van der Waals surface area contributed by atoms with Gasteiger partial charge in [-0.2, -0.15) is 0 Å². The molecule has 2 aromatic rings. The largest absolute Gasteiger partial charge is 0.493 e. The zero-order valence-electron chi connectivity index (χ0n) is 21.0. The van der Waals surface area contributed by atoms with Crippen LogP contribution in [0.3, 0.4) is 0 Å². The molecule has 1 heterocycles. The number of nitrogens with one attached hydrogen (secondary N) is 1. The monoisotopic (exact) mass is 576 g/mol. The molecule has 206 valence electrons. The number of nitrogens with zero attached hydrogens (tertiary/aromatic N) is 1. The van der Waals surface area contributed by atoms with Crippen molar-refractivity contribution in [2.24, 2.45) is 0 Å². The van der Waals surface area contributed by atoms with E-state index in [1.165, 1.54) is 31.4 Å². The molecule has 0 saturated carbocycles. The van der Waals surface area contributed by atoms with Gasteiger partial charge in [-0.3, -0.25) is 19.3 Å². The van der Waals surface area contributed by atoms with Crippen molar-refractivity contribution in [2.75, 3.05) is 32.2 Å². The van der Waals surface area contributed by atoms with Crippen molar-refractivity contribution >= 4 is 64.1 Å². The predicted molar refractivity (Wildman–Crippen MR) is 144 cm³/mol. The molecule has 2 N–H and O–H groups in total. The van der Waals surface area contributed by atoms with Crippen molar-refractivity contribution < 1.29 is 43.3 Å². The van der Waals surface area contributed by atoms with E-state index >= 15 is 0 Å². The van der Waals surface area contributed by atoms with Gasteiger partial charge in [0.25, 0.3) is 11.1 Å². The number of aliphatic carboxylic acids is 1. The molecule has 2 aromatic carbocycles. The first kappa shape index (κ1) is 29.5. The topological polar surface area (TPSA) is 149 Å². The van der Waals surface area contributed by atoms with Crippen LogP contribution in [0.5, 0.6) is 11.5 Å². The molecule has 1 fully saturated rings. The maximum absolute atomic E-state index is 12.9.